The third kappa shape index (κ3) is 7.18. The normalized spacial score (nSPS) is 12.5. The van der Waals surface area contributed by atoms with E-state index >= 15 is 0 Å². The Kier molecular flexibility index (Phi) is 8.06. The van der Waals surface area contributed by atoms with Gasteiger partial charge in [0.1, 0.15) is 0 Å². The van der Waals surface area contributed by atoms with Crippen LogP contribution in [-0.2, 0) is 4.79 Å². The number of unbranched alkanes of at least 4 members (excludes halogenated alkanes) is 5. The molecule has 0 aromatic rings. The third-order valence-electron chi connectivity index (χ3n) is 2.64. The van der Waals surface area contributed by atoms with Crippen LogP contribution in [0.4, 0.5) is 0 Å². The van der Waals surface area contributed by atoms with Gasteiger partial charge in [0, 0.05) is 5.57 Å². The van der Waals surface area contributed by atoms with E-state index in [0.29, 0.717) is 5.57 Å². The van der Waals surface area contributed by atoms with Crippen molar-refractivity contribution in [2.45, 2.75) is 65.7 Å². The predicted molar refractivity (Wildman–Crippen MR) is 64.0 cm³/mol. The van der Waals surface area contributed by atoms with Crippen molar-refractivity contribution in [1.82, 2.24) is 0 Å². The van der Waals surface area contributed by atoms with Crippen molar-refractivity contribution in [2.24, 2.45) is 0 Å². The number of ketones is 1. The van der Waals surface area contributed by atoms with Gasteiger partial charge >= 0.3 is 0 Å². The molecule has 0 bridgehead atoms. The maximum Gasteiger partial charge on any atom is 0.159 e. The van der Waals surface area contributed by atoms with Crippen LogP contribution in [-0.4, -0.2) is 10.9 Å². The summed E-state index contributed by atoms with van der Waals surface area (Å²) in [5, 5.41) is 9.28. The average molecular weight is 212 g/mol. The van der Waals surface area contributed by atoms with E-state index in [1.807, 2.05) is 0 Å². The molecular formula is C13H24O2. The van der Waals surface area contributed by atoms with E-state index in [-0.39, 0.29) is 11.5 Å². The van der Waals surface area contributed by atoms with Crippen LogP contribution in [0, 0.1) is 0 Å². The summed E-state index contributed by atoms with van der Waals surface area (Å²) in [6.07, 6.45) is 7.98. The molecule has 1 N–H and O–H groups in total. The molecule has 0 saturated carbocycles. The number of rotatable bonds is 8. The predicted octanol–water partition coefficient (Wildman–Crippen LogP) is 4.16. The molecule has 0 aromatic carbocycles. The van der Waals surface area contributed by atoms with E-state index in [1.54, 1.807) is 6.92 Å². The van der Waals surface area contributed by atoms with Gasteiger partial charge in [0.25, 0.3) is 0 Å². The lowest BCUT2D eigenvalue weighted by molar-refractivity contribution is -0.113. The lowest BCUT2D eigenvalue weighted by Gasteiger charge is -2.05. The first-order chi connectivity index (χ1) is 7.09. The first kappa shape index (κ1) is 14.2. The van der Waals surface area contributed by atoms with Crippen LogP contribution >= 0.6 is 0 Å². The monoisotopic (exact) mass is 212 g/mol. The molecule has 0 radical (unpaired) electrons. The van der Waals surface area contributed by atoms with Gasteiger partial charge in [-0.2, -0.15) is 0 Å². The third-order valence-corrected chi connectivity index (χ3v) is 2.64. The highest BCUT2D eigenvalue weighted by Crippen LogP contribution is 2.14. The zero-order valence-electron chi connectivity index (χ0n) is 10.3. The number of aliphatic hydroxyl groups is 1. The Morgan fingerprint density at radius 3 is 2.00 bits per heavy atom. The molecule has 0 amide bonds. The molecule has 2 nitrogen and oxygen atoms in total. The second kappa shape index (κ2) is 8.51. The highest BCUT2D eigenvalue weighted by molar-refractivity contribution is 5.93. The highest BCUT2D eigenvalue weighted by Gasteiger charge is 2.06. The first-order valence-corrected chi connectivity index (χ1v) is 5.99. The molecule has 0 atom stereocenters. The summed E-state index contributed by atoms with van der Waals surface area (Å²) in [5.41, 5.74) is 0.602. The van der Waals surface area contributed by atoms with Crippen LogP contribution in [0.3, 0.4) is 0 Å². The van der Waals surface area contributed by atoms with Gasteiger partial charge in [0.2, 0.25) is 0 Å². The Morgan fingerprint density at radius 2 is 1.53 bits per heavy atom. The van der Waals surface area contributed by atoms with E-state index in [4.69, 9.17) is 0 Å². The van der Waals surface area contributed by atoms with Gasteiger partial charge in [0.05, 0.1) is 5.76 Å². The smallest absolute Gasteiger partial charge is 0.159 e. The summed E-state index contributed by atoms with van der Waals surface area (Å²) in [6, 6.07) is 0. The number of carbonyl (C=O) groups excluding carboxylic acids is 1. The van der Waals surface area contributed by atoms with Crippen molar-refractivity contribution in [3.63, 3.8) is 0 Å². The molecule has 0 aliphatic heterocycles. The summed E-state index contributed by atoms with van der Waals surface area (Å²) in [4.78, 5) is 11.1. The van der Waals surface area contributed by atoms with Gasteiger partial charge in [0.15, 0.2) is 5.78 Å². The van der Waals surface area contributed by atoms with E-state index < -0.39 is 0 Å². The van der Waals surface area contributed by atoms with Gasteiger partial charge in [-0.15, -0.1) is 0 Å². The molecule has 15 heavy (non-hydrogen) atoms. The van der Waals surface area contributed by atoms with Crippen LogP contribution in [0.1, 0.15) is 65.7 Å². The minimum absolute atomic E-state index is 0.00329. The molecule has 0 unspecified atom stereocenters. The topological polar surface area (TPSA) is 37.3 Å². The molecule has 0 rings (SSSR count). The molecule has 0 aromatic heterocycles. The van der Waals surface area contributed by atoms with Crippen molar-refractivity contribution in [3.8, 4) is 0 Å². The number of hydrogen-bond acceptors (Lipinski definition) is 2. The Morgan fingerprint density at radius 1 is 1.00 bits per heavy atom. The Bertz CT molecular complexity index is 213. The van der Waals surface area contributed by atoms with Crippen molar-refractivity contribution in [1.29, 1.82) is 0 Å². The molecule has 0 spiro atoms. The summed E-state index contributed by atoms with van der Waals surface area (Å²) < 4.78 is 0. The molecule has 0 aliphatic rings. The SMILES string of the molecule is CCCCCCCC/C(C(C)=O)=C(\C)O. The molecule has 0 heterocycles. The second-order valence-corrected chi connectivity index (χ2v) is 4.14. The van der Waals surface area contributed by atoms with Crippen LogP contribution in [0.25, 0.3) is 0 Å². The summed E-state index contributed by atoms with van der Waals surface area (Å²) in [6.45, 7) is 5.31. The van der Waals surface area contributed by atoms with Crippen molar-refractivity contribution >= 4 is 5.78 Å². The molecule has 0 fully saturated rings. The molecule has 0 aliphatic carbocycles. The zero-order chi connectivity index (χ0) is 11.7. The summed E-state index contributed by atoms with van der Waals surface area (Å²) in [7, 11) is 0. The van der Waals surface area contributed by atoms with Crippen LogP contribution in [0.15, 0.2) is 11.3 Å². The fourth-order valence-electron chi connectivity index (χ4n) is 1.69. The largest absolute Gasteiger partial charge is 0.512 e. The average Bonchev–Trinajstić information content (AvgIpc) is 2.15. The zero-order valence-corrected chi connectivity index (χ0v) is 10.3. The van der Waals surface area contributed by atoms with Crippen LogP contribution in [0.2, 0.25) is 0 Å². The number of aliphatic hydroxyl groups excluding tert-OH is 1. The Hall–Kier alpha value is -0.790. The van der Waals surface area contributed by atoms with Gasteiger partial charge < -0.3 is 5.11 Å². The number of hydrogen-bond donors (Lipinski definition) is 1. The minimum atomic E-state index is 0.00329. The maximum atomic E-state index is 11.1. The first-order valence-electron chi connectivity index (χ1n) is 5.99. The molecule has 88 valence electrons. The fraction of sp³-hybridized carbons (Fsp3) is 0.769. The van der Waals surface area contributed by atoms with Crippen molar-refractivity contribution in [3.05, 3.63) is 11.3 Å². The van der Waals surface area contributed by atoms with Crippen molar-refractivity contribution in [2.75, 3.05) is 0 Å². The number of carbonyl (C=O) groups is 1. The fourth-order valence-corrected chi connectivity index (χ4v) is 1.69. The lowest BCUT2D eigenvalue weighted by Crippen LogP contribution is -2.00. The van der Waals surface area contributed by atoms with Crippen molar-refractivity contribution < 1.29 is 9.90 Å². The maximum absolute atomic E-state index is 11.1. The van der Waals surface area contributed by atoms with Gasteiger partial charge in [-0.25, -0.2) is 0 Å². The van der Waals surface area contributed by atoms with Crippen LogP contribution < -0.4 is 0 Å². The molecular weight excluding hydrogens is 188 g/mol. The quantitative estimate of drug-likeness (QED) is 0.372. The van der Waals surface area contributed by atoms with Gasteiger partial charge in [-0.1, -0.05) is 39.0 Å². The Balaban J connectivity index is 3.66. The van der Waals surface area contributed by atoms with Gasteiger partial charge in [-0.05, 0) is 26.7 Å². The highest BCUT2D eigenvalue weighted by atomic mass is 16.3. The van der Waals surface area contributed by atoms with E-state index in [9.17, 15) is 9.90 Å². The summed E-state index contributed by atoms with van der Waals surface area (Å²) >= 11 is 0. The molecule has 2 heteroatoms. The lowest BCUT2D eigenvalue weighted by atomic mass is 10.0. The van der Waals surface area contributed by atoms with E-state index in [1.165, 1.54) is 32.6 Å². The standard InChI is InChI=1S/C13H24O2/c1-4-5-6-7-8-9-10-13(11(2)14)12(3)15/h14H,4-10H2,1-3H3/b13-11-. The van der Waals surface area contributed by atoms with E-state index in [0.717, 1.165) is 19.3 Å². The summed E-state index contributed by atoms with van der Waals surface area (Å²) in [5.74, 6) is 0.194. The second-order valence-electron chi connectivity index (χ2n) is 4.14. The molecule has 0 saturated heterocycles. The number of allylic oxidation sites excluding steroid dienone is 2. The van der Waals surface area contributed by atoms with E-state index in [2.05, 4.69) is 6.92 Å². The minimum Gasteiger partial charge on any atom is -0.512 e. The van der Waals surface area contributed by atoms with Crippen LogP contribution in [0.5, 0.6) is 0 Å². The number of Topliss-reactive ketones (excluding diaryl/α,β-unsaturated/α-hetero) is 1. The Labute approximate surface area is 93.4 Å². The van der Waals surface area contributed by atoms with Gasteiger partial charge in [-0.3, -0.25) is 4.79 Å².